The number of rotatable bonds is 6. The van der Waals surface area contributed by atoms with Crippen LogP contribution >= 0.6 is 0 Å². The number of pyridine rings is 1. The zero-order chi connectivity index (χ0) is 24.7. The predicted octanol–water partition coefficient (Wildman–Crippen LogP) is 2.77. The van der Waals surface area contributed by atoms with Crippen LogP contribution in [0, 0.1) is 0 Å². The highest BCUT2D eigenvalue weighted by Gasteiger charge is 2.40. The molecule has 2 N–H and O–H groups in total. The molecule has 9 nitrogen and oxygen atoms in total. The molecule has 35 heavy (non-hydrogen) atoms. The van der Waals surface area contributed by atoms with Crippen molar-refractivity contribution in [2.75, 3.05) is 48.3 Å². The van der Waals surface area contributed by atoms with Gasteiger partial charge in [-0.3, -0.25) is 4.79 Å². The maximum Gasteiger partial charge on any atom is 0.387 e. The molecule has 3 aliphatic rings. The van der Waals surface area contributed by atoms with Gasteiger partial charge >= 0.3 is 6.61 Å². The summed E-state index contributed by atoms with van der Waals surface area (Å²) < 4.78 is 57.8. The van der Waals surface area contributed by atoms with Crippen LogP contribution in [0.5, 0.6) is 5.75 Å². The summed E-state index contributed by atoms with van der Waals surface area (Å²) in [7, 11) is 0. The molecule has 2 aromatic heterocycles. The van der Waals surface area contributed by atoms with Gasteiger partial charge in [-0.25, -0.2) is 18.7 Å². The number of hydrogen-bond acceptors (Lipinski definition) is 8. The minimum Gasteiger partial charge on any atom is -0.431 e. The van der Waals surface area contributed by atoms with E-state index in [1.165, 1.54) is 17.2 Å². The van der Waals surface area contributed by atoms with Crippen molar-refractivity contribution in [3.8, 4) is 17.0 Å². The molecule has 0 spiro atoms. The number of ether oxygens (including phenoxy) is 1. The first kappa shape index (κ1) is 23.4. The minimum absolute atomic E-state index is 0.0602. The normalized spacial score (nSPS) is 20.5. The average molecular weight is 495 g/mol. The lowest BCUT2D eigenvalue weighted by molar-refractivity contribution is -0.136. The van der Waals surface area contributed by atoms with E-state index in [0.29, 0.717) is 36.6 Å². The average Bonchev–Trinajstić information content (AvgIpc) is 3.15. The molecule has 0 unspecified atom stereocenters. The topological polar surface area (TPSA) is 101 Å². The Hall–Kier alpha value is -3.38. The Labute approximate surface area is 198 Å². The van der Waals surface area contributed by atoms with Gasteiger partial charge in [0.25, 0.3) is 5.92 Å². The Balaban J connectivity index is 1.44. The highest BCUT2D eigenvalue weighted by molar-refractivity contribution is 5.78. The van der Waals surface area contributed by atoms with Crippen molar-refractivity contribution in [3.63, 3.8) is 0 Å². The summed E-state index contributed by atoms with van der Waals surface area (Å²) in [5.41, 5.74) is 6.28. The van der Waals surface area contributed by atoms with Gasteiger partial charge in [0.2, 0.25) is 11.9 Å². The fourth-order valence-electron chi connectivity index (χ4n) is 4.62. The summed E-state index contributed by atoms with van der Waals surface area (Å²) in [6, 6.07) is 2.99. The van der Waals surface area contributed by atoms with Gasteiger partial charge in [0.1, 0.15) is 5.82 Å². The molecule has 188 valence electrons. The van der Waals surface area contributed by atoms with Gasteiger partial charge in [-0.1, -0.05) is 0 Å². The second-order valence-corrected chi connectivity index (χ2v) is 9.03. The zero-order valence-electron chi connectivity index (χ0n) is 18.8. The van der Waals surface area contributed by atoms with E-state index >= 15 is 0 Å². The zero-order valence-corrected chi connectivity index (χ0v) is 18.8. The van der Waals surface area contributed by atoms with E-state index < -0.39 is 19.1 Å². The highest BCUT2D eigenvalue weighted by atomic mass is 19.3. The standard InChI is InChI=1S/C22H25F4N7O2/c23-20(24)35-16-7-13(9-28-19(16)27)15-8-17(30-21(29-15)31-6-4-22(25,26)12-31)32-10-14(11-32)33-5-2-1-3-18(33)34/h7-9,14,20H,1-6,10-12H2,(H2,27,28). The van der Waals surface area contributed by atoms with Crippen LogP contribution in [0.15, 0.2) is 18.3 Å². The molecular weight excluding hydrogens is 470 g/mol. The van der Waals surface area contributed by atoms with Crippen molar-refractivity contribution >= 4 is 23.5 Å². The number of carbonyl (C=O) groups is 1. The smallest absolute Gasteiger partial charge is 0.387 e. The van der Waals surface area contributed by atoms with Gasteiger partial charge in [0, 0.05) is 56.8 Å². The quantitative estimate of drug-likeness (QED) is 0.611. The molecule has 5 rings (SSSR count). The van der Waals surface area contributed by atoms with E-state index in [9.17, 15) is 22.4 Å². The molecule has 3 saturated heterocycles. The summed E-state index contributed by atoms with van der Waals surface area (Å²) in [5.74, 6) is -2.62. The van der Waals surface area contributed by atoms with Gasteiger partial charge in [-0.2, -0.15) is 13.8 Å². The fraction of sp³-hybridized carbons (Fsp3) is 0.545. The largest absolute Gasteiger partial charge is 0.431 e. The number of aromatic nitrogens is 3. The summed E-state index contributed by atoms with van der Waals surface area (Å²) in [6.07, 6.45) is 3.47. The summed E-state index contributed by atoms with van der Waals surface area (Å²) >= 11 is 0. The number of nitrogens with two attached hydrogens (primary N) is 1. The van der Waals surface area contributed by atoms with E-state index in [-0.39, 0.29) is 42.4 Å². The lowest BCUT2D eigenvalue weighted by Crippen LogP contribution is -2.62. The number of nitrogens with zero attached hydrogens (tertiary/aromatic N) is 6. The van der Waals surface area contributed by atoms with E-state index in [1.807, 2.05) is 9.80 Å². The third kappa shape index (κ3) is 4.89. The molecular formula is C22H25F4N7O2. The van der Waals surface area contributed by atoms with E-state index in [2.05, 4.69) is 19.7 Å². The van der Waals surface area contributed by atoms with Crippen molar-refractivity contribution in [1.82, 2.24) is 19.9 Å². The van der Waals surface area contributed by atoms with Crippen molar-refractivity contribution in [3.05, 3.63) is 18.3 Å². The molecule has 0 radical (unpaired) electrons. The first-order valence-corrected chi connectivity index (χ1v) is 11.5. The molecule has 1 amide bonds. The maximum absolute atomic E-state index is 13.9. The predicted molar refractivity (Wildman–Crippen MR) is 120 cm³/mol. The molecule has 13 heteroatoms. The lowest BCUT2D eigenvalue weighted by Gasteiger charge is -2.47. The molecule has 0 aliphatic carbocycles. The van der Waals surface area contributed by atoms with Crippen molar-refractivity contribution in [2.45, 2.75) is 44.3 Å². The second-order valence-electron chi connectivity index (χ2n) is 9.03. The molecule has 2 aromatic rings. The Morgan fingerprint density at radius 2 is 1.91 bits per heavy atom. The second kappa shape index (κ2) is 9.00. The Morgan fingerprint density at radius 3 is 2.60 bits per heavy atom. The number of piperidine rings is 1. The maximum atomic E-state index is 13.9. The SMILES string of the molecule is Nc1ncc(-c2cc(N3CC(N4CCCCC4=O)C3)nc(N3CCC(F)(F)C3)n2)cc1OC(F)F. The minimum atomic E-state index is -3.09. The molecule has 0 atom stereocenters. The number of halogens is 4. The first-order chi connectivity index (χ1) is 16.7. The van der Waals surface area contributed by atoms with E-state index in [1.54, 1.807) is 6.07 Å². The monoisotopic (exact) mass is 495 g/mol. The van der Waals surface area contributed by atoms with Crippen LogP contribution < -0.4 is 20.3 Å². The Kier molecular flexibility index (Phi) is 6.01. The molecule has 0 saturated carbocycles. The van der Waals surface area contributed by atoms with Gasteiger partial charge in [-0.05, 0) is 18.9 Å². The van der Waals surface area contributed by atoms with Crippen LogP contribution in [0.1, 0.15) is 25.7 Å². The van der Waals surface area contributed by atoms with E-state index in [0.717, 1.165) is 19.4 Å². The number of anilines is 3. The van der Waals surface area contributed by atoms with Crippen LogP contribution in [0.3, 0.4) is 0 Å². The van der Waals surface area contributed by atoms with Crippen molar-refractivity contribution in [1.29, 1.82) is 0 Å². The highest BCUT2D eigenvalue weighted by Crippen LogP contribution is 2.35. The van der Waals surface area contributed by atoms with Crippen LogP contribution in [0.25, 0.3) is 11.3 Å². The van der Waals surface area contributed by atoms with Crippen molar-refractivity contribution in [2.24, 2.45) is 0 Å². The molecule has 0 bridgehead atoms. The first-order valence-electron chi connectivity index (χ1n) is 11.5. The summed E-state index contributed by atoms with van der Waals surface area (Å²) in [6.45, 7) is -1.69. The number of hydrogen-bond donors (Lipinski definition) is 1. The number of likely N-dealkylation sites (tertiary alicyclic amines) is 1. The van der Waals surface area contributed by atoms with Crippen LogP contribution in [0.4, 0.5) is 35.1 Å². The van der Waals surface area contributed by atoms with Crippen LogP contribution in [-0.2, 0) is 4.79 Å². The van der Waals surface area contributed by atoms with Crippen LogP contribution in [-0.4, -0.2) is 77.1 Å². The lowest BCUT2D eigenvalue weighted by atomic mass is 10.0. The van der Waals surface area contributed by atoms with Gasteiger partial charge in [-0.15, -0.1) is 0 Å². The molecule has 0 aromatic carbocycles. The fourth-order valence-corrected chi connectivity index (χ4v) is 4.62. The Bertz CT molecular complexity index is 1110. The van der Waals surface area contributed by atoms with Crippen LogP contribution in [0.2, 0.25) is 0 Å². The Morgan fingerprint density at radius 1 is 1.11 bits per heavy atom. The third-order valence-electron chi connectivity index (χ3n) is 6.53. The van der Waals surface area contributed by atoms with Gasteiger partial charge < -0.3 is 25.2 Å². The number of alkyl halides is 4. The number of carbonyl (C=O) groups excluding carboxylic acids is 1. The molecule has 3 fully saturated rings. The summed E-state index contributed by atoms with van der Waals surface area (Å²) in [4.78, 5) is 30.4. The molecule has 3 aliphatic heterocycles. The van der Waals surface area contributed by atoms with Gasteiger partial charge in [0.05, 0.1) is 18.3 Å². The third-order valence-corrected chi connectivity index (χ3v) is 6.53. The van der Waals surface area contributed by atoms with E-state index in [4.69, 9.17) is 5.73 Å². The van der Waals surface area contributed by atoms with Crippen molar-refractivity contribution < 1.29 is 27.1 Å². The van der Waals surface area contributed by atoms with Gasteiger partial charge in [0.15, 0.2) is 11.6 Å². The number of nitrogen functional groups attached to an aromatic ring is 1. The number of amides is 1. The summed E-state index contributed by atoms with van der Waals surface area (Å²) in [5, 5.41) is 0. The molecule has 5 heterocycles.